The number of anilines is 1. The van der Waals surface area contributed by atoms with Gasteiger partial charge in [-0.1, -0.05) is 32.0 Å². The molecule has 0 saturated carbocycles. The molecule has 1 heterocycles. The summed E-state index contributed by atoms with van der Waals surface area (Å²) in [6, 6.07) is 5.99. The molecule has 1 aliphatic heterocycles. The first-order chi connectivity index (χ1) is 12.9. The van der Waals surface area contributed by atoms with E-state index in [1.807, 2.05) is 50.8 Å². The molecule has 3 N–H and O–H groups in total. The Kier molecular flexibility index (Phi) is 7.39. The Labute approximate surface area is 163 Å². The van der Waals surface area contributed by atoms with Crippen molar-refractivity contribution < 1.29 is 9.59 Å². The number of aryl methyl sites for hydroxylation is 2. The van der Waals surface area contributed by atoms with Gasteiger partial charge >= 0.3 is 0 Å². The highest BCUT2D eigenvalue weighted by Gasteiger charge is 2.37. The molecule has 6 nitrogen and oxygen atoms in total. The van der Waals surface area contributed by atoms with Gasteiger partial charge in [0, 0.05) is 38.4 Å². The summed E-state index contributed by atoms with van der Waals surface area (Å²) >= 11 is 0. The summed E-state index contributed by atoms with van der Waals surface area (Å²) in [4.78, 5) is 29.4. The molecular formula is C21H34N4O2. The summed E-state index contributed by atoms with van der Waals surface area (Å²) in [5.74, 6) is 0.153. The minimum atomic E-state index is -0.443. The van der Waals surface area contributed by atoms with Crippen LogP contribution in [-0.4, -0.2) is 60.9 Å². The van der Waals surface area contributed by atoms with Crippen molar-refractivity contribution >= 4 is 17.5 Å². The molecule has 0 aromatic heterocycles. The average molecular weight is 375 g/mol. The SMILES string of the molecule is CCC(CC)(CN)C(=O)N1CCN(CC(=O)Nc2c(C)cccc2C)CC1. The van der Waals surface area contributed by atoms with Crippen molar-refractivity contribution in [1.82, 2.24) is 9.80 Å². The molecule has 1 aromatic carbocycles. The number of carbonyl (C=O) groups excluding carboxylic acids is 2. The van der Waals surface area contributed by atoms with Gasteiger partial charge in [-0.2, -0.15) is 0 Å². The molecule has 1 aliphatic rings. The maximum Gasteiger partial charge on any atom is 0.238 e. The third-order valence-corrected chi connectivity index (χ3v) is 5.97. The summed E-state index contributed by atoms with van der Waals surface area (Å²) in [5.41, 5.74) is 8.50. The molecule has 2 amide bonds. The van der Waals surface area contributed by atoms with Crippen molar-refractivity contribution in [1.29, 1.82) is 0 Å². The summed E-state index contributed by atoms with van der Waals surface area (Å²) < 4.78 is 0. The highest BCUT2D eigenvalue weighted by atomic mass is 16.2. The third kappa shape index (κ3) is 4.87. The topological polar surface area (TPSA) is 78.7 Å². The lowest BCUT2D eigenvalue weighted by Gasteiger charge is -2.40. The molecule has 1 aromatic rings. The van der Waals surface area contributed by atoms with Gasteiger partial charge in [-0.15, -0.1) is 0 Å². The molecule has 6 heteroatoms. The second-order valence-electron chi connectivity index (χ2n) is 7.57. The van der Waals surface area contributed by atoms with Crippen LogP contribution >= 0.6 is 0 Å². The predicted octanol–water partition coefficient (Wildman–Crippen LogP) is 2.15. The second kappa shape index (κ2) is 9.33. The number of nitrogens with two attached hydrogens (primary N) is 1. The van der Waals surface area contributed by atoms with Crippen LogP contribution in [0.3, 0.4) is 0 Å². The van der Waals surface area contributed by atoms with Crippen LogP contribution in [0.2, 0.25) is 0 Å². The number of para-hydroxylation sites is 1. The van der Waals surface area contributed by atoms with Gasteiger partial charge in [0.25, 0.3) is 0 Å². The third-order valence-electron chi connectivity index (χ3n) is 5.97. The Balaban J connectivity index is 1.89. The average Bonchev–Trinajstić information content (AvgIpc) is 2.67. The molecule has 0 atom stereocenters. The number of amides is 2. The lowest BCUT2D eigenvalue weighted by molar-refractivity contribution is -0.144. The number of nitrogens with zero attached hydrogens (tertiary/aromatic N) is 2. The first kappa shape index (κ1) is 21.4. The summed E-state index contributed by atoms with van der Waals surface area (Å²) in [6.45, 7) is 11.5. The molecule has 150 valence electrons. The monoisotopic (exact) mass is 374 g/mol. The minimum absolute atomic E-state index is 0.00871. The van der Waals surface area contributed by atoms with E-state index in [-0.39, 0.29) is 11.8 Å². The fourth-order valence-corrected chi connectivity index (χ4v) is 3.77. The Morgan fingerprint density at radius 1 is 1.07 bits per heavy atom. The van der Waals surface area contributed by atoms with E-state index in [2.05, 4.69) is 10.2 Å². The van der Waals surface area contributed by atoms with Gasteiger partial charge < -0.3 is 16.0 Å². The summed E-state index contributed by atoms with van der Waals surface area (Å²) in [5, 5.41) is 3.03. The quantitative estimate of drug-likeness (QED) is 0.766. The van der Waals surface area contributed by atoms with E-state index in [1.54, 1.807) is 0 Å². The zero-order valence-corrected chi connectivity index (χ0v) is 17.2. The van der Waals surface area contributed by atoms with Crippen LogP contribution in [-0.2, 0) is 9.59 Å². The largest absolute Gasteiger partial charge is 0.340 e. The van der Waals surface area contributed by atoms with E-state index in [0.29, 0.717) is 39.3 Å². The van der Waals surface area contributed by atoms with E-state index in [0.717, 1.165) is 29.7 Å². The molecule has 0 unspecified atom stereocenters. The Morgan fingerprint density at radius 3 is 2.11 bits per heavy atom. The van der Waals surface area contributed by atoms with Gasteiger partial charge in [-0.25, -0.2) is 0 Å². The molecular weight excluding hydrogens is 340 g/mol. The van der Waals surface area contributed by atoms with E-state index >= 15 is 0 Å². The fraction of sp³-hybridized carbons (Fsp3) is 0.619. The van der Waals surface area contributed by atoms with Crippen LogP contribution in [0.1, 0.15) is 37.8 Å². The summed E-state index contributed by atoms with van der Waals surface area (Å²) in [6.07, 6.45) is 1.52. The number of benzene rings is 1. The predicted molar refractivity (Wildman–Crippen MR) is 110 cm³/mol. The number of hydrogen-bond donors (Lipinski definition) is 2. The van der Waals surface area contributed by atoms with Crippen LogP contribution in [0, 0.1) is 19.3 Å². The molecule has 1 fully saturated rings. The van der Waals surface area contributed by atoms with Gasteiger partial charge in [-0.05, 0) is 37.8 Å². The Bertz CT molecular complexity index is 634. The lowest BCUT2D eigenvalue weighted by atomic mass is 9.81. The molecule has 0 radical (unpaired) electrons. The number of rotatable bonds is 7. The number of hydrogen-bond acceptors (Lipinski definition) is 4. The molecule has 2 rings (SSSR count). The van der Waals surface area contributed by atoms with Crippen molar-refractivity contribution in [2.45, 2.75) is 40.5 Å². The number of carbonyl (C=O) groups is 2. The van der Waals surface area contributed by atoms with Crippen molar-refractivity contribution in [2.24, 2.45) is 11.1 Å². The van der Waals surface area contributed by atoms with Gasteiger partial charge in [0.1, 0.15) is 0 Å². The van der Waals surface area contributed by atoms with Crippen LogP contribution in [0.15, 0.2) is 18.2 Å². The highest BCUT2D eigenvalue weighted by Crippen LogP contribution is 2.28. The highest BCUT2D eigenvalue weighted by molar-refractivity contribution is 5.93. The van der Waals surface area contributed by atoms with Crippen LogP contribution in [0.5, 0.6) is 0 Å². The maximum absolute atomic E-state index is 12.9. The Hall–Kier alpha value is -1.92. The van der Waals surface area contributed by atoms with E-state index in [1.165, 1.54) is 0 Å². The van der Waals surface area contributed by atoms with E-state index in [9.17, 15) is 9.59 Å². The first-order valence-corrected chi connectivity index (χ1v) is 9.94. The fourth-order valence-electron chi connectivity index (χ4n) is 3.77. The summed E-state index contributed by atoms with van der Waals surface area (Å²) in [7, 11) is 0. The Morgan fingerprint density at radius 2 is 1.63 bits per heavy atom. The van der Waals surface area contributed by atoms with Gasteiger partial charge in [0.05, 0.1) is 12.0 Å². The molecule has 0 bridgehead atoms. The van der Waals surface area contributed by atoms with Crippen molar-refractivity contribution in [3.05, 3.63) is 29.3 Å². The standard InChI is InChI=1S/C21H34N4O2/c1-5-21(6-2,15-22)20(27)25-12-10-24(11-13-25)14-18(26)23-19-16(3)8-7-9-17(19)4/h7-9H,5-6,10-15,22H2,1-4H3,(H,23,26). The smallest absolute Gasteiger partial charge is 0.238 e. The van der Waals surface area contributed by atoms with Crippen molar-refractivity contribution in [3.63, 3.8) is 0 Å². The number of piperazine rings is 1. The molecule has 1 saturated heterocycles. The van der Waals surface area contributed by atoms with Crippen molar-refractivity contribution in [2.75, 3.05) is 44.6 Å². The van der Waals surface area contributed by atoms with Crippen LogP contribution in [0.4, 0.5) is 5.69 Å². The molecule has 0 spiro atoms. The van der Waals surface area contributed by atoms with Gasteiger partial charge in [0.2, 0.25) is 11.8 Å². The second-order valence-corrected chi connectivity index (χ2v) is 7.57. The maximum atomic E-state index is 12.9. The number of nitrogens with one attached hydrogen (secondary N) is 1. The minimum Gasteiger partial charge on any atom is -0.340 e. The normalized spacial score (nSPS) is 15.7. The molecule has 27 heavy (non-hydrogen) atoms. The molecule has 0 aliphatic carbocycles. The van der Waals surface area contributed by atoms with Gasteiger partial charge in [-0.3, -0.25) is 14.5 Å². The van der Waals surface area contributed by atoms with Gasteiger partial charge in [0.15, 0.2) is 0 Å². The zero-order chi connectivity index (χ0) is 20.0. The zero-order valence-electron chi connectivity index (χ0n) is 17.2. The van der Waals surface area contributed by atoms with E-state index < -0.39 is 5.41 Å². The van der Waals surface area contributed by atoms with Crippen molar-refractivity contribution in [3.8, 4) is 0 Å². The van der Waals surface area contributed by atoms with Crippen LogP contribution in [0.25, 0.3) is 0 Å². The lowest BCUT2D eigenvalue weighted by Crippen LogP contribution is -2.55. The first-order valence-electron chi connectivity index (χ1n) is 9.94. The van der Waals surface area contributed by atoms with E-state index in [4.69, 9.17) is 5.73 Å². The van der Waals surface area contributed by atoms with Crippen LogP contribution < -0.4 is 11.1 Å².